The van der Waals surface area contributed by atoms with Gasteiger partial charge in [0.05, 0.1) is 0 Å². The Balaban J connectivity index is 0. The van der Waals surface area contributed by atoms with Crippen LogP contribution in [0.25, 0.3) is 0 Å². The minimum atomic E-state index is 0.719. The molecule has 0 saturated heterocycles. The molecule has 0 radical (unpaired) electrons. The van der Waals surface area contributed by atoms with Gasteiger partial charge in [0.15, 0.2) is 0 Å². The van der Waals surface area contributed by atoms with Crippen molar-refractivity contribution < 1.29 is 0 Å². The molecule has 0 atom stereocenters. The van der Waals surface area contributed by atoms with Crippen LogP contribution in [0.15, 0.2) is 0 Å². The van der Waals surface area contributed by atoms with E-state index >= 15 is 0 Å². The summed E-state index contributed by atoms with van der Waals surface area (Å²) >= 11 is 0. The van der Waals surface area contributed by atoms with Gasteiger partial charge in [0, 0.05) is 0 Å². The highest BCUT2D eigenvalue weighted by Crippen LogP contribution is 2.05. The Labute approximate surface area is 84.5 Å². The molecule has 0 saturated carbocycles. The first-order valence-corrected chi connectivity index (χ1v) is 5.66. The van der Waals surface area contributed by atoms with Gasteiger partial charge in [0.1, 0.15) is 6.71 Å². The maximum atomic E-state index is 5.06. The fourth-order valence-electron chi connectivity index (χ4n) is 1.22. The predicted octanol–water partition coefficient (Wildman–Crippen LogP) is 2.22. The summed E-state index contributed by atoms with van der Waals surface area (Å²) in [6.45, 7) is 9.26. The molecular formula is C10H27BN2. The zero-order valence-corrected chi connectivity index (χ0v) is 9.68. The molecule has 0 aliphatic carbocycles. The summed E-state index contributed by atoms with van der Waals surface area (Å²) < 4.78 is 0. The highest BCUT2D eigenvalue weighted by atomic mass is 14.6. The van der Waals surface area contributed by atoms with Crippen LogP contribution in [0.4, 0.5) is 0 Å². The van der Waals surface area contributed by atoms with Gasteiger partial charge in [0.2, 0.25) is 0 Å². The van der Waals surface area contributed by atoms with E-state index in [2.05, 4.69) is 20.8 Å². The Bertz CT molecular complexity index is 73.3. The van der Waals surface area contributed by atoms with Gasteiger partial charge >= 0.3 is 0 Å². The molecule has 0 unspecified atom stereocenters. The highest BCUT2D eigenvalue weighted by Gasteiger charge is 2.04. The molecule has 0 spiro atoms. The number of hydrogen-bond acceptors (Lipinski definition) is 2. The topological polar surface area (TPSA) is 52.0 Å². The van der Waals surface area contributed by atoms with Crippen molar-refractivity contribution in [2.24, 2.45) is 11.5 Å². The molecule has 0 aromatic rings. The molecule has 13 heavy (non-hydrogen) atoms. The molecule has 0 aliphatic rings. The fraction of sp³-hybridized carbons (Fsp3) is 1.00. The van der Waals surface area contributed by atoms with Crippen molar-refractivity contribution in [1.29, 1.82) is 0 Å². The predicted molar refractivity (Wildman–Crippen MR) is 64.5 cm³/mol. The first-order valence-electron chi connectivity index (χ1n) is 5.66. The molecule has 2 nitrogen and oxygen atoms in total. The molecule has 0 heterocycles. The summed E-state index contributed by atoms with van der Waals surface area (Å²) in [6.07, 6.45) is 6.45. The third-order valence-electron chi connectivity index (χ3n) is 2.26. The molecule has 0 aromatic heterocycles. The lowest BCUT2D eigenvalue weighted by Crippen LogP contribution is -2.06. The van der Waals surface area contributed by atoms with Gasteiger partial charge in [-0.25, -0.2) is 0 Å². The third kappa shape index (κ3) is 14.8. The Morgan fingerprint density at radius 2 is 1.38 bits per heavy atom. The molecule has 0 fully saturated rings. The third-order valence-corrected chi connectivity index (χ3v) is 2.26. The highest BCUT2D eigenvalue weighted by molar-refractivity contribution is 6.58. The SMILES string of the molecule is CCCB(CC)CC.NCCCN. The van der Waals surface area contributed by atoms with E-state index in [1.54, 1.807) is 0 Å². The van der Waals surface area contributed by atoms with Crippen LogP contribution in [0.2, 0.25) is 19.0 Å². The van der Waals surface area contributed by atoms with Crippen molar-refractivity contribution in [1.82, 2.24) is 0 Å². The van der Waals surface area contributed by atoms with E-state index in [1.165, 1.54) is 25.4 Å². The van der Waals surface area contributed by atoms with E-state index in [0.29, 0.717) is 0 Å². The van der Waals surface area contributed by atoms with Gasteiger partial charge in [-0.3, -0.25) is 0 Å². The van der Waals surface area contributed by atoms with Crippen LogP contribution < -0.4 is 11.5 Å². The molecule has 0 aromatic carbocycles. The quantitative estimate of drug-likeness (QED) is 0.625. The van der Waals surface area contributed by atoms with Crippen LogP contribution in [-0.4, -0.2) is 19.8 Å². The van der Waals surface area contributed by atoms with Crippen molar-refractivity contribution in [3.05, 3.63) is 0 Å². The normalized spacial score (nSPS) is 9.00. The van der Waals surface area contributed by atoms with Crippen molar-refractivity contribution in [2.75, 3.05) is 13.1 Å². The molecule has 4 N–H and O–H groups in total. The van der Waals surface area contributed by atoms with Gasteiger partial charge < -0.3 is 11.5 Å². The molecule has 0 bridgehead atoms. The molecule has 80 valence electrons. The molecular weight excluding hydrogens is 159 g/mol. The average molecular weight is 186 g/mol. The van der Waals surface area contributed by atoms with E-state index in [1.807, 2.05) is 0 Å². The van der Waals surface area contributed by atoms with Crippen molar-refractivity contribution >= 4 is 6.71 Å². The Morgan fingerprint density at radius 3 is 1.46 bits per heavy atom. The lowest BCUT2D eigenvalue weighted by atomic mass is 9.43. The first-order chi connectivity index (χ1) is 6.26. The molecule has 0 amide bonds. The summed E-state index contributed by atoms with van der Waals surface area (Å²) in [7, 11) is 0. The lowest BCUT2D eigenvalue weighted by molar-refractivity contribution is 0.844. The van der Waals surface area contributed by atoms with Crippen LogP contribution in [0.3, 0.4) is 0 Å². The van der Waals surface area contributed by atoms with Crippen molar-refractivity contribution in [3.8, 4) is 0 Å². The second-order valence-electron chi connectivity index (χ2n) is 3.40. The molecule has 3 heteroatoms. The van der Waals surface area contributed by atoms with E-state index in [4.69, 9.17) is 11.5 Å². The van der Waals surface area contributed by atoms with Crippen molar-refractivity contribution in [3.63, 3.8) is 0 Å². The summed E-state index contributed by atoms with van der Waals surface area (Å²) in [5, 5.41) is 0. The maximum Gasteiger partial charge on any atom is 0.139 e. The Morgan fingerprint density at radius 1 is 0.923 bits per heavy atom. The monoisotopic (exact) mass is 186 g/mol. The Kier molecular flexibility index (Phi) is 17.2. The van der Waals surface area contributed by atoms with Gasteiger partial charge in [-0.15, -0.1) is 0 Å². The number of hydrogen-bond donors (Lipinski definition) is 2. The number of rotatable bonds is 6. The summed E-state index contributed by atoms with van der Waals surface area (Å²) in [6, 6.07) is 0. The van der Waals surface area contributed by atoms with Crippen LogP contribution in [0.5, 0.6) is 0 Å². The average Bonchev–Trinajstić information content (AvgIpc) is 2.16. The van der Waals surface area contributed by atoms with Gasteiger partial charge in [-0.05, 0) is 19.5 Å². The minimum Gasteiger partial charge on any atom is -0.330 e. The molecule has 0 aliphatic heterocycles. The second-order valence-corrected chi connectivity index (χ2v) is 3.40. The maximum absolute atomic E-state index is 5.06. The van der Waals surface area contributed by atoms with E-state index in [-0.39, 0.29) is 0 Å². The van der Waals surface area contributed by atoms with E-state index < -0.39 is 0 Å². The fourth-order valence-corrected chi connectivity index (χ4v) is 1.22. The zero-order chi connectivity index (χ0) is 10.5. The van der Waals surface area contributed by atoms with Crippen LogP contribution in [0, 0.1) is 0 Å². The molecule has 0 rings (SSSR count). The van der Waals surface area contributed by atoms with E-state index in [0.717, 1.165) is 26.2 Å². The minimum absolute atomic E-state index is 0.719. The lowest BCUT2D eigenvalue weighted by Gasteiger charge is -2.03. The zero-order valence-electron chi connectivity index (χ0n) is 9.68. The Hall–Kier alpha value is -0.0151. The van der Waals surface area contributed by atoms with Gasteiger partial charge in [0.25, 0.3) is 0 Å². The number of nitrogens with two attached hydrogens (primary N) is 2. The second kappa shape index (κ2) is 14.5. The van der Waals surface area contributed by atoms with Crippen LogP contribution in [-0.2, 0) is 0 Å². The van der Waals surface area contributed by atoms with Crippen molar-refractivity contribution in [2.45, 2.75) is 52.6 Å². The summed E-state index contributed by atoms with van der Waals surface area (Å²) in [4.78, 5) is 0. The van der Waals surface area contributed by atoms with Crippen LogP contribution >= 0.6 is 0 Å². The summed E-state index contributed by atoms with van der Waals surface area (Å²) in [5.41, 5.74) is 10.1. The largest absolute Gasteiger partial charge is 0.330 e. The van der Waals surface area contributed by atoms with Crippen LogP contribution in [0.1, 0.15) is 33.6 Å². The summed E-state index contributed by atoms with van der Waals surface area (Å²) in [5.74, 6) is 0. The standard InChI is InChI=1S/C7H17B.C3H10N2/c1-4-7-8(5-2)6-3;4-2-1-3-5/h4-7H2,1-3H3;1-5H2. The smallest absolute Gasteiger partial charge is 0.139 e. The van der Waals surface area contributed by atoms with Gasteiger partial charge in [-0.1, -0.05) is 46.2 Å². The van der Waals surface area contributed by atoms with E-state index in [9.17, 15) is 0 Å². The first kappa shape index (κ1) is 15.5. The van der Waals surface area contributed by atoms with Gasteiger partial charge in [-0.2, -0.15) is 0 Å².